The number of carbonyl (C=O) groups is 1. The summed E-state index contributed by atoms with van der Waals surface area (Å²) >= 11 is 0. The standard InChI is InChI=1S/C7H13NO5S/c9-3-6(7(10)11)8-5-1-2-14(12,13)4-5/h5-6,8-9H,1-4H2,(H,10,11). The number of carboxylic acid groups (broad SMARTS) is 1. The van der Waals surface area contributed by atoms with Gasteiger partial charge in [-0.25, -0.2) is 8.42 Å². The van der Waals surface area contributed by atoms with Crippen LogP contribution in [0.15, 0.2) is 0 Å². The highest BCUT2D eigenvalue weighted by Crippen LogP contribution is 2.11. The highest BCUT2D eigenvalue weighted by molar-refractivity contribution is 7.91. The molecule has 0 bridgehead atoms. The molecule has 14 heavy (non-hydrogen) atoms. The van der Waals surface area contributed by atoms with Crippen molar-refractivity contribution < 1.29 is 23.4 Å². The molecule has 1 aliphatic heterocycles. The maximum atomic E-state index is 11.0. The molecule has 0 amide bonds. The van der Waals surface area contributed by atoms with Gasteiger partial charge in [-0.3, -0.25) is 10.1 Å². The number of sulfone groups is 1. The second-order valence-electron chi connectivity index (χ2n) is 3.34. The van der Waals surface area contributed by atoms with Gasteiger partial charge in [0, 0.05) is 6.04 Å². The summed E-state index contributed by atoms with van der Waals surface area (Å²) in [5.74, 6) is -1.13. The number of rotatable bonds is 4. The quantitative estimate of drug-likeness (QED) is 0.520. The van der Waals surface area contributed by atoms with Crippen molar-refractivity contribution in [3.8, 4) is 0 Å². The minimum atomic E-state index is -3.01. The molecule has 0 aromatic rings. The molecule has 1 fully saturated rings. The van der Waals surface area contributed by atoms with Gasteiger partial charge in [0.2, 0.25) is 0 Å². The Morgan fingerprint density at radius 1 is 1.57 bits per heavy atom. The molecule has 3 N–H and O–H groups in total. The normalized spacial score (nSPS) is 27.4. The van der Waals surface area contributed by atoms with Crippen LogP contribution in [0.3, 0.4) is 0 Å². The molecule has 0 radical (unpaired) electrons. The second kappa shape index (κ2) is 4.24. The number of aliphatic hydroxyl groups is 1. The van der Waals surface area contributed by atoms with E-state index >= 15 is 0 Å². The fourth-order valence-corrected chi connectivity index (χ4v) is 3.10. The fraction of sp³-hybridized carbons (Fsp3) is 0.857. The lowest BCUT2D eigenvalue weighted by Gasteiger charge is -2.15. The topological polar surface area (TPSA) is 104 Å². The molecule has 1 aliphatic rings. The van der Waals surface area contributed by atoms with Gasteiger partial charge in [0.15, 0.2) is 9.84 Å². The van der Waals surface area contributed by atoms with Crippen molar-refractivity contribution in [1.82, 2.24) is 5.32 Å². The molecule has 2 atom stereocenters. The van der Waals surface area contributed by atoms with Crippen LogP contribution in [0, 0.1) is 0 Å². The molecule has 7 heteroatoms. The van der Waals surface area contributed by atoms with Crippen LogP contribution in [0.1, 0.15) is 6.42 Å². The van der Waals surface area contributed by atoms with Crippen LogP contribution in [0.5, 0.6) is 0 Å². The lowest BCUT2D eigenvalue weighted by Crippen LogP contribution is -2.46. The molecule has 1 rings (SSSR count). The number of aliphatic carboxylic acids is 1. The maximum absolute atomic E-state index is 11.0. The predicted octanol–water partition coefficient (Wildman–Crippen LogP) is -1.79. The predicted molar refractivity (Wildman–Crippen MR) is 48.7 cm³/mol. The van der Waals surface area contributed by atoms with E-state index in [9.17, 15) is 13.2 Å². The Bertz CT molecular complexity index is 312. The summed E-state index contributed by atoms with van der Waals surface area (Å²) in [6, 6.07) is -1.43. The summed E-state index contributed by atoms with van der Waals surface area (Å²) in [6.07, 6.45) is 0.409. The second-order valence-corrected chi connectivity index (χ2v) is 5.57. The van der Waals surface area contributed by atoms with Gasteiger partial charge in [0.05, 0.1) is 18.1 Å². The van der Waals surface area contributed by atoms with Crippen LogP contribution in [-0.4, -0.2) is 54.8 Å². The van der Waals surface area contributed by atoms with Crippen molar-refractivity contribution in [2.45, 2.75) is 18.5 Å². The summed E-state index contributed by atoms with van der Waals surface area (Å²) in [5, 5.41) is 19.9. The Hall–Kier alpha value is -0.660. The first kappa shape index (κ1) is 11.4. The van der Waals surface area contributed by atoms with Crippen molar-refractivity contribution in [2.75, 3.05) is 18.1 Å². The third kappa shape index (κ3) is 2.93. The van der Waals surface area contributed by atoms with Gasteiger partial charge in [-0.1, -0.05) is 0 Å². The van der Waals surface area contributed by atoms with E-state index < -0.39 is 28.5 Å². The Balaban J connectivity index is 2.50. The van der Waals surface area contributed by atoms with E-state index in [1.165, 1.54) is 0 Å². The Labute approximate surface area is 81.8 Å². The third-order valence-electron chi connectivity index (χ3n) is 2.15. The van der Waals surface area contributed by atoms with Crippen molar-refractivity contribution in [1.29, 1.82) is 0 Å². The zero-order valence-electron chi connectivity index (χ0n) is 7.51. The largest absolute Gasteiger partial charge is 0.480 e. The van der Waals surface area contributed by atoms with E-state index in [4.69, 9.17) is 10.2 Å². The van der Waals surface area contributed by atoms with Crippen molar-refractivity contribution in [2.24, 2.45) is 0 Å². The summed E-state index contributed by atoms with van der Waals surface area (Å²) in [7, 11) is -3.01. The first-order chi connectivity index (χ1) is 6.44. The molecule has 0 saturated carbocycles. The maximum Gasteiger partial charge on any atom is 0.323 e. The van der Waals surface area contributed by atoms with Crippen LogP contribution in [0.2, 0.25) is 0 Å². The summed E-state index contributed by atoms with van der Waals surface area (Å²) in [4.78, 5) is 10.5. The summed E-state index contributed by atoms with van der Waals surface area (Å²) < 4.78 is 22.1. The Morgan fingerprint density at radius 3 is 2.57 bits per heavy atom. The minimum absolute atomic E-state index is 0.0449. The summed E-state index contributed by atoms with van der Waals surface area (Å²) in [5.41, 5.74) is 0. The van der Waals surface area contributed by atoms with Crippen molar-refractivity contribution in [3.05, 3.63) is 0 Å². The molecular weight excluding hydrogens is 210 g/mol. The monoisotopic (exact) mass is 223 g/mol. The molecule has 0 spiro atoms. The molecule has 1 heterocycles. The van der Waals surface area contributed by atoms with Crippen LogP contribution in [-0.2, 0) is 14.6 Å². The first-order valence-electron chi connectivity index (χ1n) is 4.25. The zero-order valence-corrected chi connectivity index (χ0v) is 8.33. The fourth-order valence-electron chi connectivity index (χ4n) is 1.41. The average Bonchev–Trinajstić information content (AvgIpc) is 2.41. The average molecular weight is 223 g/mol. The van der Waals surface area contributed by atoms with E-state index in [0.29, 0.717) is 6.42 Å². The van der Waals surface area contributed by atoms with Crippen molar-refractivity contribution >= 4 is 15.8 Å². The van der Waals surface area contributed by atoms with E-state index in [0.717, 1.165) is 0 Å². The van der Waals surface area contributed by atoms with Gasteiger partial charge in [-0.05, 0) is 6.42 Å². The molecule has 82 valence electrons. The van der Waals surface area contributed by atoms with Gasteiger partial charge >= 0.3 is 5.97 Å². The van der Waals surface area contributed by atoms with E-state index in [-0.39, 0.29) is 17.5 Å². The van der Waals surface area contributed by atoms with Gasteiger partial charge in [0.1, 0.15) is 6.04 Å². The van der Waals surface area contributed by atoms with Crippen LogP contribution in [0.4, 0.5) is 0 Å². The minimum Gasteiger partial charge on any atom is -0.480 e. The third-order valence-corrected chi connectivity index (χ3v) is 3.92. The number of hydrogen-bond donors (Lipinski definition) is 3. The van der Waals surface area contributed by atoms with E-state index in [2.05, 4.69) is 5.32 Å². The van der Waals surface area contributed by atoms with Crippen LogP contribution < -0.4 is 5.32 Å². The van der Waals surface area contributed by atoms with Gasteiger partial charge < -0.3 is 10.2 Å². The Kier molecular flexibility index (Phi) is 3.46. The zero-order chi connectivity index (χ0) is 10.8. The lowest BCUT2D eigenvalue weighted by atomic mass is 10.2. The first-order valence-corrected chi connectivity index (χ1v) is 6.07. The SMILES string of the molecule is O=C(O)C(CO)NC1CCS(=O)(=O)C1. The lowest BCUT2D eigenvalue weighted by molar-refractivity contribution is -0.140. The van der Waals surface area contributed by atoms with Crippen molar-refractivity contribution in [3.63, 3.8) is 0 Å². The molecule has 0 aromatic heterocycles. The highest BCUT2D eigenvalue weighted by atomic mass is 32.2. The van der Waals surface area contributed by atoms with Crippen LogP contribution in [0.25, 0.3) is 0 Å². The number of carboxylic acids is 1. The Morgan fingerprint density at radius 2 is 2.21 bits per heavy atom. The van der Waals surface area contributed by atoms with E-state index in [1.807, 2.05) is 0 Å². The molecular formula is C7H13NO5S. The highest BCUT2D eigenvalue weighted by Gasteiger charge is 2.30. The molecule has 6 nitrogen and oxygen atoms in total. The number of aliphatic hydroxyl groups excluding tert-OH is 1. The molecule has 1 saturated heterocycles. The number of nitrogens with one attached hydrogen (secondary N) is 1. The van der Waals surface area contributed by atoms with Gasteiger partial charge in [0.25, 0.3) is 0 Å². The molecule has 2 unspecified atom stereocenters. The van der Waals surface area contributed by atoms with Gasteiger partial charge in [-0.15, -0.1) is 0 Å². The molecule has 0 aromatic carbocycles. The summed E-state index contributed by atoms with van der Waals surface area (Å²) in [6.45, 7) is -0.536. The van der Waals surface area contributed by atoms with E-state index in [1.54, 1.807) is 0 Å². The van der Waals surface area contributed by atoms with Gasteiger partial charge in [-0.2, -0.15) is 0 Å². The smallest absolute Gasteiger partial charge is 0.323 e. The van der Waals surface area contributed by atoms with Crippen LogP contribution >= 0.6 is 0 Å². The molecule has 0 aliphatic carbocycles. The number of hydrogen-bond acceptors (Lipinski definition) is 5.